The highest BCUT2D eigenvalue weighted by atomic mass is 35.5. The summed E-state index contributed by atoms with van der Waals surface area (Å²) in [5.74, 6) is 0.685. The van der Waals surface area contributed by atoms with E-state index in [1.54, 1.807) is 7.11 Å². The van der Waals surface area contributed by atoms with Gasteiger partial charge in [-0.15, -0.1) is 0 Å². The molecule has 0 aliphatic rings. The number of aliphatic hydroxyl groups excluding tert-OH is 1. The van der Waals surface area contributed by atoms with Gasteiger partial charge in [0, 0.05) is 19.6 Å². The minimum atomic E-state index is 0.0425. The number of hydrogen-bond donors (Lipinski definition) is 2. The van der Waals surface area contributed by atoms with E-state index in [1.165, 1.54) is 0 Å². The van der Waals surface area contributed by atoms with Gasteiger partial charge in [0.1, 0.15) is 5.75 Å². The fraction of sp³-hybridized carbons (Fsp3) is 0.533. The highest BCUT2D eigenvalue weighted by Gasteiger charge is 2.05. The van der Waals surface area contributed by atoms with Crippen LogP contribution in [0.4, 0.5) is 0 Å². The number of rotatable bonds is 9. The van der Waals surface area contributed by atoms with E-state index in [-0.39, 0.29) is 12.5 Å². The number of aliphatic hydroxyl groups is 1. The van der Waals surface area contributed by atoms with E-state index < -0.39 is 0 Å². The molecule has 1 aromatic rings. The van der Waals surface area contributed by atoms with Gasteiger partial charge in [0.05, 0.1) is 12.1 Å². The zero-order valence-electron chi connectivity index (χ0n) is 11.8. The van der Waals surface area contributed by atoms with Gasteiger partial charge in [0.15, 0.2) is 0 Å². The molecule has 0 aromatic heterocycles. The highest BCUT2D eigenvalue weighted by Crippen LogP contribution is 2.25. The third-order valence-electron chi connectivity index (χ3n) is 3.01. The number of carbonyl (C=O) groups is 1. The molecular formula is C15H22ClNO3. The number of unbranched alkanes of at least 4 members (excludes halogenated alkanes) is 2. The van der Waals surface area contributed by atoms with E-state index in [4.69, 9.17) is 21.4 Å². The first-order valence-electron chi connectivity index (χ1n) is 6.87. The van der Waals surface area contributed by atoms with Gasteiger partial charge < -0.3 is 15.2 Å². The molecule has 0 aliphatic carbocycles. The van der Waals surface area contributed by atoms with E-state index in [1.807, 2.05) is 18.2 Å². The molecule has 4 nitrogen and oxygen atoms in total. The Balaban J connectivity index is 2.25. The third kappa shape index (κ3) is 6.26. The van der Waals surface area contributed by atoms with Crippen LogP contribution in [0.1, 0.15) is 31.2 Å². The number of carbonyl (C=O) groups excluding carboxylic acids is 1. The lowest BCUT2D eigenvalue weighted by Crippen LogP contribution is -2.24. The molecule has 0 saturated carbocycles. The van der Waals surface area contributed by atoms with Crippen molar-refractivity contribution in [1.29, 1.82) is 0 Å². The molecule has 0 spiro atoms. The van der Waals surface area contributed by atoms with Crippen LogP contribution >= 0.6 is 11.6 Å². The zero-order valence-corrected chi connectivity index (χ0v) is 12.6. The van der Waals surface area contributed by atoms with Gasteiger partial charge in [-0.25, -0.2) is 0 Å². The average Bonchev–Trinajstić information content (AvgIpc) is 2.45. The predicted molar refractivity (Wildman–Crippen MR) is 80.3 cm³/mol. The maximum absolute atomic E-state index is 11.6. The Kier molecular flexibility index (Phi) is 8.07. The van der Waals surface area contributed by atoms with Crippen LogP contribution in [0.3, 0.4) is 0 Å². The number of benzene rings is 1. The molecular weight excluding hydrogens is 278 g/mol. The Labute approximate surface area is 125 Å². The fourth-order valence-corrected chi connectivity index (χ4v) is 2.13. The Morgan fingerprint density at radius 2 is 2.15 bits per heavy atom. The summed E-state index contributed by atoms with van der Waals surface area (Å²) in [5, 5.41) is 12.1. The molecule has 0 unspecified atom stereocenters. The molecule has 0 saturated heterocycles. The number of aryl methyl sites for hydroxylation is 1. The summed E-state index contributed by atoms with van der Waals surface area (Å²) < 4.78 is 5.08. The first-order chi connectivity index (χ1) is 9.67. The smallest absolute Gasteiger partial charge is 0.220 e. The first-order valence-corrected chi connectivity index (χ1v) is 7.25. The summed E-state index contributed by atoms with van der Waals surface area (Å²) in [6.07, 6.45) is 3.74. The Hall–Kier alpha value is -1.26. The number of methoxy groups -OCH3 is 1. The minimum absolute atomic E-state index is 0.0425. The monoisotopic (exact) mass is 299 g/mol. The lowest BCUT2D eigenvalue weighted by atomic mass is 10.1. The molecule has 5 heteroatoms. The maximum atomic E-state index is 11.6. The van der Waals surface area contributed by atoms with Crippen molar-refractivity contribution in [3.63, 3.8) is 0 Å². The van der Waals surface area contributed by atoms with Crippen molar-refractivity contribution in [2.24, 2.45) is 0 Å². The average molecular weight is 300 g/mol. The maximum Gasteiger partial charge on any atom is 0.220 e. The van der Waals surface area contributed by atoms with Gasteiger partial charge in [-0.05, 0) is 43.4 Å². The Bertz CT molecular complexity index is 424. The van der Waals surface area contributed by atoms with Gasteiger partial charge in [-0.1, -0.05) is 17.7 Å². The molecule has 0 aliphatic heterocycles. The quantitative estimate of drug-likeness (QED) is 0.689. The molecule has 0 heterocycles. The van der Waals surface area contributed by atoms with Crippen LogP contribution in [-0.2, 0) is 11.2 Å². The van der Waals surface area contributed by atoms with Crippen LogP contribution in [0.25, 0.3) is 0 Å². The molecule has 1 amide bonds. The van der Waals surface area contributed by atoms with Crippen LogP contribution in [0, 0.1) is 0 Å². The molecule has 112 valence electrons. The van der Waals surface area contributed by atoms with Gasteiger partial charge >= 0.3 is 0 Å². The van der Waals surface area contributed by atoms with Crippen molar-refractivity contribution in [1.82, 2.24) is 5.32 Å². The van der Waals surface area contributed by atoms with Gasteiger partial charge in [0.25, 0.3) is 0 Å². The molecule has 0 fully saturated rings. The van der Waals surface area contributed by atoms with E-state index in [9.17, 15) is 4.79 Å². The topological polar surface area (TPSA) is 58.6 Å². The first kappa shape index (κ1) is 16.8. The standard InChI is InChI=1S/C15H22ClNO3/c1-20-14-7-5-12(11-13(14)16)6-8-15(19)17-9-3-2-4-10-18/h5,7,11,18H,2-4,6,8-10H2,1H3,(H,17,19). The van der Waals surface area contributed by atoms with Crippen LogP contribution in [0.2, 0.25) is 5.02 Å². The second-order valence-corrected chi connectivity index (χ2v) is 5.01. The lowest BCUT2D eigenvalue weighted by Gasteiger charge is -2.07. The number of halogens is 1. The van der Waals surface area contributed by atoms with Crippen molar-refractivity contribution >= 4 is 17.5 Å². The summed E-state index contributed by atoms with van der Waals surface area (Å²) in [5.41, 5.74) is 1.02. The number of nitrogens with one attached hydrogen (secondary N) is 1. The predicted octanol–water partition coefficient (Wildman–Crippen LogP) is 2.56. The third-order valence-corrected chi connectivity index (χ3v) is 3.31. The number of ether oxygens (including phenoxy) is 1. The molecule has 1 aromatic carbocycles. The fourth-order valence-electron chi connectivity index (χ4n) is 1.85. The number of hydrogen-bond acceptors (Lipinski definition) is 3. The van der Waals surface area contributed by atoms with Crippen molar-refractivity contribution < 1.29 is 14.6 Å². The van der Waals surface area contributed by atoms with E-state index in [2.05, 4.69) is 5.32 Å². The SMILES string of the molecule is COc1ccc(CCC(=O)NCCCCCO)cc1Cl. The summed E-state index contributed by atoms with van der Waals surface area (Å²) in [7, 11) is 1.57. The minimum Gasteiger partial charge on any atom is -0.495 e. The van der Waals surface area contributed by atoms with E-state index in [0.29, 0.717) is 30.2 Å². The van der Waals surface area contributed by atoms with Crippen LogP contribution < -0.4 is 10.1 Å². The van der Waals surface area contributed by atoms with Gasteiger partial charge in [-0.2, -0.15) is 0 Å². The lowest BCUT2D eigenvalue weighted by molar-refractivity contribution is -0.121. The Morgan fingerprint density at radius 3 is 2.80 bits per heavy atom. The summed E-state index contributed by atoms with van der Waals surface area (Å²) in [6.45, 7) is 0.883. The van der Waals surface area contributed by atoms with Gasteiger partial charge in [0.2, 0.25) is 5.91 Å². The van der Waals surface area contributed by atoms with Crippen molar-refractivity contribution in [3.05, 3.63) is 28.8 Å². The molecule has 0 bridgehead atoms. The molecule has 1 rings (SSSR count). The van der Waals surface area contributed by atoms with Gasteiger partial charge in [-0.3, -0.25) is 4.79 Å². The molecule has 0 radical (unpaired) electrons. The largest absolute Gasteiger partial charge is 0.495 e. The Morgan fingerprint density at radius 1 is 1.35 bits per heavy atom. The summed E-state index contributed by atoms with van der Waals surface area (Å²) in [6, 6.07) is 5.55. The summed E-state index contributed by atoms with van der Waals surface area (Å²) in [4.78, 5) is 11.6. The highest BCUT2D eigenvalue weighted by molar-refractivity contribution is 6.32. The second kappa shape index (κ2) is 9.61. The van der Waals surface area contributed by atoms with Crippen molar-refractivity contribution in [3.8, 4) is 5.75 Å². The van der Waals surface area contributed by atoms with Crippen molar-refractivity contribution in [2.45, 2.75) is 32.1 Å². The normalized spacial score (nSPS) is 10.3. The van der Waals surface area contributed by atoms with E-state index >= 15 is 0 Å². The van der Waals surface area contributed by atoms with Crippen LogP contribution in [0.5, 0.6) is 5.75 Å². The summed E-state index contributed by atoms with van der Waals surface area (Å²) >= 11 is 6.03. The zero-order chi connectivity index (χ0) is 14.8. The molecule has 2 N–H and O–H groups in total. The van der Waals surface area contributed by atoms with E-state index in [0.717, 1.165) is 24.8 Å². The van der Waals surface area contributed by atoms with Crippen LogP contribution in [-0.4, -0.2) is 31.3 Å². The molecule has 20 heavy (non-hydrogen) atoms. The number of amides is 1. The second-order valence-electron chi connectivity index (χ2n) is 4.60. The van der Waals surface area contributed by atoms with Crippen molar-refractivity contribution in [2.75, 3.05) is 20.3 Å². The molecule has 0 atom stereocenters. The van der Waals surface area contributed by atoms with Crippen LogP contribution in [0.15, 0.2) is 18.2 Å².